The number of anilines is 1. The number of benzene rings is 2. The van der Waals surface area contributed by atoms with Crippen LogP contribution in [0.2, 0.25) is 5.02 Å². The van der Waals surface area contributed by atoms with E-state index in [1.807, 2.05) is 13.8 Å². The lowest BCUT2D eigenvalue weighted by Crippen LogP contribution is -2.37. The molecule has 9 heteroatoms. The maximum absolute atomic E-state index is 15.0. The van der Waals surface area contributed by atoms with Gasteiger partial charge in [0.2, 0.25) is 11.6 Å². The summed E-state index contributed by atoms with van der Waals surface area (Å²) < 4.78 is 21.3. The van der Waals surface area contributed by atoms with Gasteiger partial charge in [-0.3, -0.25) is 4.79 Å². The highest BCUT2D eigenvalue weighted by atomic mass is 35.5. The quantitative estimate of drug-likeness (QED) is 0.279. The summed E-state index contributed by atoms with van der Waals surface area (Å²) >= 11 is 6.00. The average Bonchev–Trinajstić information content (AvgIpc) is 3.65. The van der Waals surface area contributed by atoms with Crippen LogP contribution in [0.25, 0.3) is 11.1 Å². The highest BCUT2D eigenvalue weighted by molar-refractivity contribution is 6.31. The molecule has 1 atom stereocenters. The Morgan fingerprint density at radius 3 is 2.44 bits per heavy atom. The van der Waals surface area contributed by atoms with Gasteiger partial charge in [0.1, 0.15) is 11.7 Å². The molecule has 2 N–H and O–H groups in total. The second-order valence-electron chi connectivity index (χ2n) is 9.17. The van der Waals surface area contributed by atoms with Crippen molar-refractivity contribution in [3.8, 4) is 16.9 Å². The summed E-state index contributed by atoms with van der Waals surface area (Å²) in [4.78, 5) is 24.3. The normalized spacial score (nSPS) is 13.9. The van der Waals surface area contributed by atoms with E-state index in [-0.39, 0.29) is 45.2 Å². The zero-order valence-electron chi connectivity index (χ0n) is 19.8. The molecule has 1 aromatic heterocycles. The summed E-state index contributed by atoms with van der Waals surface area (Å²) in [5, 5.41) is 24.9. The molecule has 2 aromatic carbocycles. The Kier molecular flexibility index (Phi) is 7.45. The minimum atomic E-state index is -1.06. The van der Waals surface area contributed by atoms with Gasteiger partial charge in [0.15, 0.2) is 12.0 Å². The van der Waals surface area contributed by atoms with E-state index in [0.717, 1.165) is 12.8 Å². The van der Waals surface area contributed by atoms with Crippen LogP contribution in [0.3, 0.4) is 0 Å². The third-order valence-corrected chi connectivity index (χ3v) is 6.28. The minimum Gasteiger partial charge on any atom is -0.618 e. The molecule has 1 aliphatic rings. The summed E-state index contributed by atoms with van der Waals surface area (Å²) in [5.41, 5.74) is 1.12. The molecular formula is C27H26ClFN2O5. The predicted octanol–water partition coefficient (Wildman–Crippen LogP) is 5.79. The second-order valence-corrected chi connectivity index (χ2v) is 9.58. The van der Waals surface area contributed by atoms with Crippen LogP contribution in [0.5, 0.6) is 5.75 Å². The Labute approximate surface area is 213 Å². The SMILES string of the molecule is CC(C)Oc1ccc(Cl)c(F)c1-c1ccc([C@@H](CC2CC2)C(=O)Nc2ccc(C(=O)O)cc2)[n+]([O-])c1. The number of nitrogens with one attached hydrogen (secondary N) is 1. The van der Waals surface area contributed by atoms with Gasteiger partial charge in [-0.2, -0.15) is 4.73 Å². The van der Waals surface area contributed by atoms with Crippen molar-refractivity contribution in [1.82, 2.24) is 0 Å². The summed E-state index contributed by atoms with van der Waals surface area (Å²) in [5.74, 6) is -2.27. The molecule has 1 aliphatic carbocycles. The topological polar surface area (TPSA) is 103 Å². The molecule has 1 fully saturated rings. The standard InChI is InChI=1S/C27H26ClFN2O5/c1-15(2)36-23-12-10-21(28)25(29)24(23)18-7-11-22(31(35)14-18)20(13-16-3-4-16)26(32)30-19-8-5-17(6-9-19)27(33)34/h5-12,14-16,20H,3-4,13H2,1-2H3,(H,30,32)(H,33,34)/t20-/m1/s1. The average molecular weight is 513 g/mol. The monoisotopic (exact) mass is 512 g/mol. The lowest BCUT2D eigenvalue weighted by atomic mass is 9.95. The predicted molar refractivity (Wildman–Crippen MR) is 134 cm³/mol. The van der Waals surface area contributed by atoms with E-state index >= 15 is 0 Å². The minimum absolute atomic E-state index is 0.0778. The van der Waals surface area contributed by atoms with E-state index < -0.39 is 17.7 Å². The van der Waals surface area contributed by atoms with Crippen molar-refractivity contribution >= 4 is 29.2 Å². The number of carboxylic acids is 1. The van der Waals surface area contributed by atoms with Gasteiger partial charge in [0, 0.05) is 11.8 Å². The molecule has 188 valence electrons. The van der Waals surface area contributed by atoms with Crippen molar-refractivity contribution < 1.29 is 28.6 Å². The number of hydrogen-bond acceptors (Lipinski definition) is 4. The summed E-state index contributed by atoms with van der Waals surface area (Å²) in [6, 6.07) is 11.9. The molecule has 1 saturated carbocycles. The van der Waals surface area contributed by atoms with E-state index in [0.29, 0.717) is 22.8 Å². The molecule has 7 nitrogen and oxygen atoms in total. The third-order valence-electron chi connectivity index (χ3n) is 5.99. The largest absolute Gasteiger partial charge is 0.618 e. The second kappa shape index (κ2) is 10.5. The van der Waals surface area contributed by atoms with E-state index in [9.17, 15) is 19.2 Å². The number of halogens is 2. The Morgan fingerprint density at radius 2 is 1.86 bits per heavy atom. The number of pyridine rings is 1. The third kappa shape index (κ3) is 5.76. The Balaban J connectivity index is 1.65. The van der Waals surface area contributed by atoms with Gasteiger partial charge < -0.3 is 20.4 Å². The molecule has 0 spiro atoms. The van der Waals surface area contributed by atoms with Crippen molar-refractivity contribution in [2.45, 2.75) is 45.1 Å². The van der Waals surface area contributed by atoms with Crippen LogP contribution in [0, 0.1) is 16.9 Å². The Hall–Kier alpha value is -3.65. The van der Waals surface area contributed by atoms with Crippen LogP contribution in [-0.4, -0.2) is 23.1 Å². The molecule has 4 rings (SSSR count). The molecule has 36 heavy (non-hydrogen) atoms. The number of carbonyl (C=O) groups excluding carboxylic acids is 1. The zero-order valence-corrected chi connectivity index (χ0v) is 20.6. The maximum Gasteiger partial charge on any atom is 0.335 e. The van der Waals surface area contributed by atoms with Crippen molar-refractivity contribution in [3.63, 3.8) is 0 Å². The van der Waals surface area contributed by atoms with Gasteiger partial charge in [-0.1, -0.05) is 24.4 Å². The summed E-state index contributed by atoms with van der Waals surface area (Å²) in [6.07, 6.45) is 3.47. The first-order chi connectivity index (χ1) is 17.1. The van der Waals surface area contributed by atoms with Crippen LogP contribution in [0.15, 0.2) is 54.7 Å². The highest BCUT2D eigenvalue weighted by Crippen LogP contribution is 2.40. The lowest BCUT2D eigenvalue weighted by Gasteiger charge is -2.18. The molecule has 0 radical (unpaired) electrons. The number of carbonyl (C=O) groups is 2. The van der Waals surface area contributed by atoms with Gasteiger partial charge in [-0.05, 0) is 68.7 Å². The number of carboxylic acid groups (broad SMARTS) is 1. The first-order valence-corrected chi connectivity index (χ1v) is 12.0. The summed E-state index contributed by atoms with van der Waals surface area (Å²) in [7, 11) is 0. The molecule has 0 bridgehead atoms. The van der Waals surface area contributed by atoms with E-state index in [1.165, 1.54) is 42.6 Å². The van der Waals surface area contributed by atoms with Crippen LogP contribution in [0.4, 0.5) is 10.1 Å². The lowest BCUT2D eigenvalue weighted by molar-refractivity contribution is -0.614. The number of hydrogen-bond donors (Lipinski definition) is 2. The Bertz CT molecular complexity index is 1290. The summed E-state index contributed by atoms with van der Waals surface area (Å²) in [6.45, 7) is 3.62. The molecule has 3 aromatic rings. The van der Waals surface area contributed by atoms with Gasteiger partial charge in [-0.25, -0.2) is 9.18 Å². The zero-order chi connectivity index (χ0) is 26.0. The van der Waals surface area contributed by atoms with Crippen LogP contribution >= 0.6 is 11.6 Å². The number of ether oxygens (including phenoxy) is 1. The van der Waals surface area contributed by atoms with Crippen LogP contribution in [0.1, 0.15) is 55.1 Å². The fourth-order valence-electron chi connectivity index (χ4n) is 4.04. The van der Waals surface area contributed by atoms with E-state index in [2.05, 4.69) is 5.32 Å². The van der Waals surface area contributed by atoms with Crippen LogP contribution < -0.4 is 14.8 Å². The smallest absolute Gasteiger partial charge is 0.335 e. The van der Waals surface area contributed by atoms with Crippen molar-refractivity contribution in [1.29, 1.82) is 0 Å². The van der Waals surface area contributed by atoms with Gasteiger partial charge >= 0.3 is 5.97 Å². The number of amides is 1. The molecular weight excluding hydrogens is 487 g/mol. The number of rotatable bonds is 9. The molecule has 0 saturated heterocycles. The van der Waals surface area contributed by atoms with Gasteiger partial charge in [0.05, 0.1) is 27.8 Å². The van der Waals surface area contributed by atoms with Crippen molar-refractivity contribution in [3.05, 3.63) is 82.0 Å². The first-order valence-electron chi connectivity index (χ1n) is 11.7. The fraction of sp³-hybridized carbons (Fsp3) is 0.296. The first kappa shape index (κ1) is 25.4. The number of aromatic carboxylic acids is 1. The number of nitrogens with zero attached hydrogens (tertiary/aromatic N) is 1. The van der Waals surface area contributed by atoms with Crippen LogP contribution in [-0.2, 0) is 4.79 Å². The number of aromatic nitrogens is 1. The highest BCUT2D eigenvalue weighted by Gasteiger charge is 2.35. The fourth-order valence-corrected chi connectivity index (χ4v) is 4.20. The molecule has 1 heterocycles. The Morgan fingerprint density at radius 1 is 1.17 bits per heavy atom. The van der Waals surface area contributed by atoms with Gasteiger partial charge in [-0.15, -0.1) is 0 Å². The molecule has 0 unspecified atom stereocenters. The molecule has 1 amide bonds. The van der Waals surface area contributed by atoms with Crippen molar-refractivity contribution in [2.75, 3.05) is 5.32 Å². The van der Waals surface area contributed by atoms with E-state index in [4.69, 9.17) is 21.4 Å². The van der Waals surface area contributed by atoms with E-state index in [1.54, 1.807) is 12.1 Å². The van der Waals surface area contributed by atoms with Gasteiger partial charge in [0.25, 0.3) is 0 Å². The molecule has 0 aliphatic heterocycles. The van der Waals surface area contributed by atoms with Crippen molar-refractivity contribution in [2.24, 2.45) is 5.92 Å². The maximum atomic E-state index is 15.0.